The van der Waals surface area contributed by atoms with Crippen molar-refractivity contribution in [2.24, 2.45) is 0 Å². The summed E-state index contributed by atoms with van der Waals surface area (Å²) in [6.07, 6.45) is 9.33. The highest BCUT2D eigenvalue weighted by molar-refractivity contribution is 5.94. The van der Waals surface area contributed by atoms with E-state index in [0.29, 0.717) is 24.4 Å². The molecule has 0 aliphatic carbocycles. The fourth-order valence-electron chi connectivity index (χ4n) is 3.24. The molecule has 5 heteroatoms. The number of benzene rings is 2. The van der Waals surface area contributed by atoms with Crippen LogP contribution in [0.3, 0.4) is 0 Å². The van der Waals surface area contributed by atoms with E-state index in [0.717, 1.165) is 42.5 Å². The summed E-state index contributed by atoms with van der Waals surface area (Å²) in [7, 11) is 1.59. The van der Waals surface area contributed by atoms with Gasteiger partial charge >= 0.3 is 0 Å². The molecule has 0 fully saturated rings. The molecule has 0 saturated carbocycles. The van der Waals surface area contributed by atoms with Crippen LogP contribution in [0.5, 0.6) is 5.75 Å². The molecule has 0 unspecified atom stereocenters. The van der Waals surface area contributed by atoms with Gasteiger partial charge in [0.05, 0.1) is 24.7 Å². The number of aromatic nitrogens is 2. The maximum atomic E-state index is 12.2. The van der Waals surface area contributed by atoms with Crippen molar-refractivity contribution >= 4 is 16.9 Å². The summed E-state index contributed by atoms with van der Waals surface area (Å²) < 4.78 is 7.26. The number of rotatable bonds is 9. The lowest BCUT2D eigenvalue weighted by Crippen LogP contribution is -2.24. The average Bonchev–Trinajstić information content (AvgIpc) is 3.08. The van der Waals surface area contributed by atoms with E-state index in [4.69, 9.17) is 16.1 Å². The van der Waals surface area contributed by atoms with E-state index in [-0.39, 0.29) is 5.91 Å². The molecule has 1 amide bonds. The number of hydrogen-bond donors (Lipinski definition) is 1. The third-order valence-electron chi connectivity index (χ3n) is 4.68. The van der Waals surface area contributed by atoms with Crippen molar-refractivity contribution in [3.8, 4) is 18.1 Å². The molecular formula is C23H25N3O2. The molecule has 144 valence electrons. The Bertz CT molecular complexity index is 985. The van der Waals surface area contributed by atoms with Crippen LogP contribution >= 0.6 is 0 Å². The predicted molar refractivity (Wildman–Crippen MR) is 111 cm³/mol. The molecule has 1 N–H and O–H groups in total. The fourth-order valence-corrected chi connectivity index (χ4v) is 3.24. The van der Waals surface area contributed by atoms with Gasteiger partial charge in [0.1, 0.15) is 11.6 Å². The number of aryl methyl sites for hydroxylation is 1. The second-order valence-corrected chi connectivity index (χ2v) is 6.61. The van der Waals surface area contributed by atoms with Crippen molar-refractivity contribution in [2.75, 3.05) is 13.7 Å². The Balaban J connectivity index is 1.45. The Labute approximate surface area is 165 Å². The Hall–Kier alpha value is -3.26. The molecular weight excluding hydrogens is 350 g/mol. The minimum atomic E-state index is -0.0743. The Morgan fingerprint density at radius 3 is 2.86 bits per heavy atom. The van der Waals surface area contributed by atoms with Gasteiger partial charge in [-0.1, -0.05) is 30.5 Å². The van der Waals surface area contributed by atoms with Gasteiger partial charge < -0.3 is 14.6 Å². The molecule has 1 heterocycles. The number of hydrogen-bond acceptors (Lipinski definition) is 3. The van der Waals surface area contributed by atoms with Crippen molar-refractivity contribution in [3.05, 3.63) is 59.9 Å². The third kappa shape index (κ3) is 4.72. The summed E-state index contributed by atoms with van der Waals surface area (Å²) in [6, 6.07) is 15.2. The van der Waals surface area contributed by atoms with Gasteiger partial charge in [-0.2, -0.15) is 0 Å². The maximum Gasteiger partial charge on any atom is 0.251 e. The van der Waals surface area contributed by atoms with E-state index in [2.05, 4.69) is 21.9 Å². The number of carbonyl (C=O) groups is 1. The van der Waals surface area contributed by atoms with Gasteiger partial charge in [-0.15, -0.1) is 6.42 Å². The standard InChI is InChI=1S/C23H25N3O2/c1-3-16-26-21-13-7-6-12-20(21)25-22(26)14-5-4-8-15-24-23(27)18-10-9-11-19(17-18)28-2/h1,6-7,9-13,17H,4-5,8,14-16H2,2H3,(H,24,27). The van der Waals surface area contributed by atoms with E-state index in [9.17, 15) is 4.79 Å². The van der Waals surface area contributed by atoms with Gasteiger partial charge in [0.25, 0.3) is 5.91 Å². The summed E-state index contributed by atoms with van der Waals surface area (Å²) in [5.74, 6) is 4.35. The first kappa shape index (κ1) is 19.5. The van der Waals surface area contributed by atoms with E-state index in [1.54, 1.807) is 19.2 Å². The molecule has 3 rings (SSSR count). The number of fused-ring (bicyclic) bond motifs is 1. The first-order valence-electron chi connectivity index (χ1n) is 9.53. The number of amides is 1. The van der Waals surface area contributed by atoms with E-state index in [1.807, 2.05) is 30.3 Å². The molecule has 2 aromatic carbocycles. The first-order chi connectivity index (χ1) is 13.7. The van der Waals surface area contributed by atoms with Gasteiger partial charge in [-0.3, -0.25) is 4.79 Å². The lowest BCUT2D eigenvalue weighted by atomic mass is 10.1. The highest BCUT2D eigenvalue weighted by Crippen LogP contribution is 2.17. The molecule has 0 aliphatic heterocycles. The Kier molecular flexibility index (Phi) is 6.69. The number of ether oxygens (including phenoxy) is 1. The smallest absolute Gasteiger partial charge is 0.251 e. The minimum Gasteiger partial charge on any atom is -0.497 e. The first-order valence-corrected chi connectivity index (χ1v) is 9.53. The number of nitrogens with zero attached hydrogens (tertiary/aromatic N) is 2. The zero-order chi connectivity index (χ0) is 19.8. The average molecular weight is 375 g/mol. The largest absolute Gasteiger partial charge is 0.497 e. The lowest BCUT2D eigenvalue weighted by molar-refractivity contribution is 0.0952. The molecule has 0 radical (unpaired) electrons. The number of unbranched alkanes of at least 4 members (excludes halogenated alkanes) is 2. The van der Waals surface area contributed by atoms with Crippen molar-refractivity contribution in [2.45, 2.75) is 32.2 Å². The van der Waals surface area contributed by atoms with Gasteiger partial charge in [0, 0.05) is 18.5 Å². The third-order valence-corrected chi connectivity index (χ3v) is 4.68. The molecule has 0 atom stereocenters. The van der Waals surface area contributed by atoms with Crippen LogP contribution < -0.4 is 10.1 Å². The Morgan fingerprint density at radius 1 is 1.18 bits per heavy atom. The number of terminal acetylenes is 1. The highest BCUT2D eigenvalue weighted by Gasteiger charge is 2.09. The monoisotopic (exact) mass is 375 g/mol. The van der Waals surface area contributed by atoms with Crippen molar-refractivity contribution in [1.29, 1.82) is 0 Å². The highest BCUT2D eigenvalue weighted by atomic mass is 16.5. The normalized spacial score (nSPS) is 10.6. The summed E-state index contributed by atoms with van der Waals surface area (Å²) in [5, 5.41) is 2.96. The summed E-state index contributed by atoms with van der Waals surface area (Å²) in [5.41, 5.74) is 2.68. The number of nitrogens with one attached hydrogen (secondary N) is 1. The van der Waals surface area contributed by atoms with Crippen molar-refractivity contribution in [1.82, 2.24) is 14.9 Å². The van der Waals surface area contributed by atoms with Crippen LogP contribution in [-0.2, 0) is 13.0 Å². The SMILES string of the molecule is C#CCn1c(CCCCCNC(=O)c2cccc(OC)c2)nc2ccccc21. The molecule has 0 bridgehead atoms. The number of carbonyl (C=O) groups excluding carboxylic acids is 1. The van der Waals surface area contributed by atoms with Crippen LogP contribution in [0.4, 0.5) is 0 Å². The predicted octanol–water partition coefficient (Wildman–Crippen LogP) is 3.82. The second kappa shape index (κ2) is 9.61. The Morgan fingerprint density at radius 2 is 2.04 bits per heavy atom. The van der Waals surface area contributed by atoms with Crippen LogP contribution in [0.2, 0.25) is 0 Å². The van der Waals surface area contributed by atoms with Gasteiger partial charge in [-0.05, 0) is 43.2 Å². The van der Waals surface area contributed by atoms with E-state index in [1.165, 1.54) is 0 Å². The summed E-state index contributed by atoms with van der Waals surface area (Å²) in [6.45, 7) is 1.18. The van der Waals surface area contributed by atoms with Crippen LogP contribution in [0.15, 0.2) is 48.5 Å². The van der Waals surface area contributed by atoms with Gasteiger partial charge in [-0.25, -0.2) is 4.98 Å². The number of para-hydroxylation sites is 2. The second-order valence-electron chi connectivity index (χ2n) is 6.61. The summed E-state index contributed by atoms with van der Waals surface area (Å²) >= 11 is 0. The molecule has 0 aliphatic rings. The topological polar surface area (TPSA) is 56.2 Å². The molecule has 5 nitrogen and oxygen atoms in total. The molecule has 0 spiro atoms. The van der Waals surface area contributed by atoms with E-state index < -0.39 is 0 Å². The van der Waals surface area contributed by atoms with E-state index >= 15 is 0 Å². The van der Waals surface area contributed by atoms with Crippen LogP contribution in [0.25, 0.3) is 11.0 Å². The summed E-state index contributed by atoms with van der Waals surface area (Å²) in [4.78, 5) is 16.9. The maximum absolute atomic E-state index is 12.2. The van der Waals surface area contributed by atoms with Gasteiger partial charge in [0.15, 0.2) is 0 Å². The number of methoxy groups -OCH3 is 1. The quantitative estimate of drug-likeness (QED) is 0.457. The fraction of sp³-hybridized carbons (Fsp3) is 0.304. The molecule has 28 heavy (non-hydrogen) atoms. The zero-order valence-electron chi connectivity index (χ0n) is 16.1. The molecule has 1 aromatic heterocycles. The minimum absolute atomic E-state index is 0.0743. The zero-order valence-corrected chi connectivity index (χ0v) is 16.1. The number of imidazole rings is 1. The molecule has 3 aromatic rings. The van der Waals surface area contributed by atoms with Crippen molar-refractivity contribution in [3.63, 3.8) is 0 Å². The van der Waals surface area contributed by atoms with Crippen LogP contribution in [-0.4, -0.2) is 29.1 Å². The lowest BCUT2D eigenvalue weighted by Gasteiger charge is -2.07. The molecule has 0 saturated heterocycles. The van der Waals surface area contributed by atoms with Crippen LogP contribution in [0.1, 0.15) is 35.4 Å². The van der Waals surface area contributed by atoms with Crippen LogP contribution in [0, 0.1) is 12.3 Å². The van der Waals surface area contributed by atoms with Gasteiger partial charge in [0.2, 0.25) is 0 Å². The van der Waals surface area contributed by atoms with Crippen molar-refractivity contribution < 1.29 is 9.53 Å².